The quantitative estimate of drug-likeness (QED) is 0.184. The molecule has 194 valence electrons. The molecule has 0 saturated carbocycles. The maximum Gasteiger partial charge on any atom is 0.225 e. The minimum atomic E-state index is -1.43. The van der Waals surface area contributed by atoms with Crippen molar-refractivity contribution in [2.24, 2.45) is 0 Å². The van der Waals surface area contributed by atoms with Gasteiger partial charge in [0.25, 0.3) is 0 Å². The number of aliphatic hydroxyl groups is 3. The number of rotatable bonds is 13. The van der Waals surface area contributed by atoms with Gasteiger partial charge in [-0.05, 0) is 42.0 Å². The molecule has 0 aliphatic heterocycles. The van der Waals surface area contributed by atoms with Gasteiger partial charge in [0.1, 0.15) is 5.54 Å². The number of carbonyl (C=O) groups is 1. The Morgan fingerprint density at radius 1 is 0.865 bits per heavy atom. The van der Waals surface area contributed by atoms with Crippen LogP contribution in [0.25, 0.3) is 5.69 Å². The number of hydrogen-bond donors (Lipinski definition) is 5. The summed E-state index contributed by atoms with van der Waals surface area (Å²) in [6, 6.07) is 19.3. The number of aromatic nitrogens is 4. The van der Waals surface area contributed by atoms with Crippen LogP contribution in [0.2, 0.25) is 0 Å². The molecule has 37 heavy (non-hydrogen) atoms. The van der Waals surface area contributed by atoms with E-state index in [-0.39, 0.29) is 6.42 Å². The summed E-state index contributed by atoms with van der Waals surface area (Å²) in [4.78, 5) is 23.5. The number of amides is 1. The Morgan fingerprint density at radius 3 is 1.92 bits per heavy atom. The van der Waals surface area contributed by atoms with E-state index in [4.69, 9.17) is 0 Å². The fraction of sp³-hybridized carbons (Fsp3) is 0.296. The molecule has 1 amide bonds. The summed E-state index contributed by atoms with van der Waals surface area (Å²) < 4.78 is 1.91. The minimum Gasteiger partial charge on any atom is -0.394 e. The molecule has 10 nitrogen and oxygen atoms in total. The molecule has 0 aliphatic carbocycles. The Bertz CT molecular complexity index is 1180. The van der Waals surface area contributed by atoms with Crippen LogP contribution in [0.4, 0.5) is 0 Å². The van der Waals surface area contributed by atoms with Crippen molar-refractivity contribution in [1.82, 2.24) is 30.0 Å². The molecule has 1 aromatic carbocycles. The summed E-state index contributed by atoms with van der Waals surface area (Å²) in [5.74, 6) is -0.393. The zero-order valence-corrected chi connectivity index (χ0v) is 20.5. The molecule has 10 heteroatoms. The lowest BCUT2D eigenvalue weighted by atomic mass is 10.0. The third-order valence-corrected chi connectivity index (χ3v) is 6.06. The van der Waals surface area contributed by atoms with Crippen LogP contribution in [0.1, 0.15) is 22.6 Å². The first kappa shape index (κ1) is 26.2. The lowest BCUT2D eigenvalue weighted by molar-refractivity contribution is -0.124. The van der Waals surface area contributed by atoms with Crippen LogP contribution in [-0.4, -0.2) is 71.2 Å². The van der Waals surface area contributed by atoms with E-state index in [9.17, 15) is 20.1 Å². The fourth-order valence-electron chi connectivity index (χ4n) is 3.94. The van der Waals surface area contributed by atoms with Crippen molar-refractivity contribution in [3.05, 3.63) is 102 Å². The summed E-state index contributed by atoms with van der Waals surface area (Å²) in [7, 11) is 0. The molecular formula is C27H32N6O4. The molecule has 5 N–H and O–H groups in total. The average molecular weight is 505 g/mol. The number of hydrogen-bond acceptors (Lipinski definition) is 7. The predicted molar refractivity (Wildman–Crippen MR) is 137 cm³/mol. The van der Waals surface area contributed by atoms with Crippen molar-refractivity contribution >= 4 is 5.91 Å². The Morgan fingerprint density at radius 2 is 1.43 bits per heavy atom. The molecule has 0 fully saturated rings. The number of aromatic amines is 1. The molecule has 0 unspecified atom stereocenters. The first-order valence-electron chi connectivity index (χ1n) is 12.0. The van der Waals surface area contributed by atoms with Gasteiger partial charge >= 0.3 is 0 Å². The largest absolute Gasteiger partial charge is 0.394 e. The van der Waals surface area contributed by atoms with Gasteiger partial charge in [0.05, 0.1) is 49.0 Å². The molecule has 0 atom stereocenters. The van der Waals surface area contributed by atoms with E-state index in [1.807, 2.05) is 71.5 Å². The SMILES string of the molecule is O=C(Cc1ccc(-n2cc(CN(Cc3ccccn3)Cc3ccccn3)[nH]2)cc1)NC(CO)(CO)CO. The van der Waals surface area contributed by atoms with Crippen molar-refractivity contribution in [2.45, 2.75) is 31.6 Å². The highest BCUT2D eigenvalue weighted by molar-refractivity contribution is 5.79. The monoisotopic (exact) mass is 504 g/mol. The summed E-state index contributed by atoms with van der Waals surface area (Å²) in [5.41, 5.74) is 3.30. The van der Waals surface area contributed by atoms with Gasteiger partial charge in [-0.3, -0.25) is 29.4 Å². The maximum atomic E-state index is 12.3. The van der Waals surface area contributed by atoms with E-state index >= 15 is 0 Å². The Kier molecular flexibility index (Phi) is 8.81. The summed E-state index contributed by atoms with van der Waals surface area (Å²) >= 11 is 0. The number of benzene rings is 1. The molecule has 3 heterocycles. The number of nitrogens with zero attached hydrogens (tertiary/aromatic N) is 4. The molecule has 0 radical (unpaired) electrons. The standard InChI is InChI=1S/C27H32N6O4/c34-18-27(19-35,20-36)30-26(37)13-21-7-9-25(10-8-21)33-17-24(31-33)16-32(14-22-5-1-3-11-28-22)15-23-6-2-4-12-29-23/h1-12,17,31,34-36H,13-16,18-20H2,(H,30,37). The third-order valence-electron chi connectivity index (χ3n) is 6.06. The van der Waals surface area contributed by atoms with Gasteiger partial charge in [0.2, 0.25) is 5.91 Å². The molecule has 0 saturated heterocycles. The number of H-pyrrole nitrogens is 1. The van der Waals surface area contributed by atoms with Gasteiger partial charge in [-0.2, -0.15) is 0 Å². The number of aliphatic hydroxyl groups excluding tert-OH is 3. The van der Waals surface area contributed by atoms with E-state index in [1.54, 1.807) is 12.4 Å². The Hall–Kier alpha value is -3.83. The second kappa shape index (κ2) is 12.4. The van der Waals surface area contributed by atoms with Crippen LogP contribution in [0, 0.1) is 0 Å². The molecule has 0 spiro atoms. The van der Waals surface area contributed by atoms with Crippen LogP contribution in [0.15, 0.2) is 79.3 Å². The van der Waals surface area contributed by atoms with E-state index in [0.29, 0.717) is 19.6 Å². The lowest BCUT2D eigenvalue weighted by Gasteiger charge is -2.28. The predicted octanol–water partition coefficient (Wildman–Crippen LogP) is 1.17. The van der Waals surface area contributed by atoms with Gasteiger partial charge in [-0.1, -0.05) is 24.3 Å². The summed E-state index contributed by atoms with van der Waals surface area (Å²) in [6.45, 7) is 0.419. The molecular weight excluding hydrogens is 472 g/mol. The van der Waals surface area contributed by atoms with Gasteiger partial charge in [-0.25, -0.2) is 0 Å². The van der Waals surface area contributed by atoms with Crippen molar-refractivity contribution in [2.75, 3.05) is 19.8 Å². The third kappa shape index (κ3) is 7.11. The van der Waals surface area contributed by atoms with Crippen LogP contribution < -0.4 is 5.32 Å². The lowest BCUT2D eigenvalue weighted by Crippen LogP contribution is -2.57. The molecule has 0 bridgehead atoms. The minimum absolute atomic E-state index is 0.0621. The highest BCUT2D eigenvalue weighted by Crippen LogP contribution is 2.16. The first-order valence-corrected chi connectivity index (χ1v) is 12.0. The van der Waals surface area contributed by atoms with Gasteiger partial charge in [-0.15, -0.1) is 0 Å². The van der Waals surface area contributed by atoms with E-state index in [1.165, 1.54) is 0 Å². The van der Waals surface area contributed by atoms with Crippen LogP contribution in [-0.2, 0) is 30.8 Å². The van der Waals surface area contributed by atoms with Gasteiger partial charge < -0.3 is 20.6 Å². The van der Waals surface area contributed by atoms with E-state index in [0.717, 1.165) is 28.3 Å². The van der Waals surface area contributed by atoms with Crippen molar-refractivity contribution < 1.29 is 20.1 Å². The Balaban J connectivity index is 1.36. The van der Waals surface area contributed by atoms with E-state index in [2.05, 4.69) is 25.3 Å². The van der Waals surface area contributed by atoms with Crippen LogP contribution >= 0.6 is 0 Å². The average Bonchev–Trinajstić information content (AvgIpc) is 2.91. The zero-order valence-electron chi connectivity index (χ0n) is 20.5. The summed E-state index contributed by atoms with van der Waals surface area (Å²) in [6.07, 6.45) is 5.69. The molecule has 3 aromatic heterocycles. The number of carbonyl (C=O) groups excluding carboxylic acids is 1. The fourth-order valence-corrected chi connectivity index (χ4v) is 3.94. The van der Waals surface area contributed by atoms with Gasteiger partial charge in [0.15, 0.2) is 0 Å². The normalized spacial score (nSPS) is 11.7. The van der Waals surface area contributed by atoms with Crippen molar-refractivity contribution in [3.63, 3.8) is 0 Å². The molecule has 0 aliphatic rings. The maximum absolute atomic E-state index is 12.3. The van der Waals surface area contributed by atoms with Crippen molar-refractivity contribution in [1.29, 1.82) is 0 Å². The first-order chi connectivity index (χ1) is 18.0. The Labute approximate surface area is 215 Å². The number of nitrogens with one attached hydrogen (secondary N) is 2. The van der Waals surface area contributed by atoms with Gasteiger partial charge in [0, 0.05) is 38.2 Å². The topological polar surface area (TPSA) is 140 Å². The molecule has 4 rings (SSSR count). The molecule has 4 aromatic rings. The zero-order chi connectivity index (χ0) is 26.1. The second-order valence-electron chi connectivity index (χ2n) is 9.07. The van der Waals surface area contributed by atoms with Crippen LogP contribution in [0.5, 0.6) is 0 Å². The second-order valence-corrected chi connectivity index (χ2v) is 9.07. The highest BCUT2D eigenvalue weighted by Gasteiger charge is 2.29. The number of pyridine rings is 2. The highest BCUT2D eigenvalue weighted by atomic mass is 16.3. The summed E-state index contributed by atoms with van der Waals surface area (Å²) in [5, 5.41) is 34.0. The smallest absolute Gasteiger partial charge is 0.225 e. The van der Waals surface area contributed by atoms with Crippen molar-refractivity contribution in [3.8, 4) is 5.69 Å². The van der Waals surface area contributed by atoms with Crippen LogP contribution in [0.3, 0.4) is 0 Å². The van der Waals surface area contributed by atoms with E-state index < -0.39 is 31.3 Å².